The Morgan fingerprint density at radius 1 is 1.40 bits per heavy atom. The van der Waals surface area contributed by atoms with E-state index >= 15 is 0 Å². The van der Waals surface area contributed by atoms with Crippen LogP contribution in [0.3, 0.4) is 0 Å². The van der Waals surface area contributed by atoms with Crippen molar-refractivity contribution in [1.82, 2.24) is 0 Å². The first-order valence-electron chi connectivity index (χ1n) is 5.42. The van der Waals surface area contributed by atoms with Gasteiger partial charge in [0, 0.05) is 6.61 Å². The smallest absolute Gasteiger partial charge is 0.126 e. The molecule has 0 saturated carbocycles. The lowest BCUT2D eigenvalue weighted by Gasteiger charge is -2.29. The molecule has 15 heavy (non-hydrogen) atoms. The summed E-state index contributed by atoms with van der Waals surface area (Å²) in [5.41, 5.74) is 1.84. The van der Waals surface area contributed by atoms with Gasteiger partial charge in [0.2, 0.25) is 0 Å². The molecule has 0 heterocycles. The highest BCUT2D eigenvalue weighted by Gasteiger charge is 2.34. The van der Waals surface area contributed by atoms with Crippen molar-refractivity contribution in [1.29, 1.82) is 0 Å². The third kappa shape index (κ3) is 1.78. The maximum Gasteiger partial charge on any atom is 0.126 e. The molecule has 0 bridgehead atoms. The van der Waals surface area contributed by atoms with Crippen LogP contribution in [0.1, 0.15) is 25.0 Å². The Morgan fingerprint density at radius 3 is 2.73 bits per heavy atom. The molecular formula is C13H17FO. The first-order valence-corrected chi connectivity index (χ1v) is 5.42. The summed E-state index contributed by atoms with van der Waals surface area (Å²) in [4.78, 5) is 0. The van der Waals surface area contributed by atoms with E-state index < -0.39 is 0 Å². The number of rotatable bonds is 2. The van der Waals surface area contributed by atoms with Crippen LogP contribution in [0.15, 0.2) is 18.2 Å². The lowest BCUT2D eigenvalue weighted by molar-refractivity contribution is 0.100. The normalized spacial score (nSPS) is 20.4. The zero-order valence-electron chi connectivity index (χ0n) is 9.26. The minimum Gasteiger partial charge on any atom is -0.396 e. The zero-order valence-corrected chi connectivity index (χ0v) is 9.26. The Hall–Kier alpha value is -0.890. The van der Waals surface area contributed by atoms with E-state index in [-0.39, 0.29) is 17.8 Å². The Balaban J connectivity index is 2.26. The van der Waals surface area contributed by atoms with E-state index in [1.54, 1.807) is 6.07 Å². The van der Waals surface area contributed by atoms with Gasteiger partial charge < -0.3 is 5.11 Å². The van der Waals surface area contributed by atoms with Crippen LogP contribution >= 0.6 is 0 Å². The molecule has 82 valence electrons. The zero-order chi connectivity index (χ0) is 11.1. The molecule has 1 aliphatic rings. The Morgan fingerprint density at radius 2 is 2.13 bits per heavy atom. The lowest BCUT2D eigenvalue weighted by Crippen LogP contribution is -2.28. The van der Waals surface area contributed by atoms with Gasteiger partial charge in [-0.3, -0.25) is 0 Å². The molecule has 0 aromatic heterocycles. The molecule has 1 atom stereocenters. The van der Waals surface area contributed by atoms with Gasteiger partial charge in [-0.15, -0.1) is 0 Å². The topological polar surface area (TPSA) is 20.2 Å². The molecule has 2 heteroatoms. The van der Waals surface area contributed by atoms with Gasteiger partial charge >= 0.3 is 0 Å². The summed E-state index contributed by atoms with van der Waals surface area (Å²) in [6.07, 6.45) is 1.65. The lowest BCUT2D eigenvalue weighted by atomic mass is 9.78. The number of hydrogen-bond donors (Lipinski definition) is 1. The third-order valence-corrected chi connectivity index (χ3v) is 3.65. The second-order valence-corrected chi connectivity index (χ2v) is 5.13. The molecule has 0 spiro atoms. The van der Waals surface area contributed by atoms with Gasteiger partial charge in [-0.05, 0) is 41.4 Å². The molecule has 0 aliphatic heterocycles. The molecule has 1 aliphatic carbocycles. The van der Waals surface area contributed by atoms with Gasteiger partial charge in [-0.2, -0.15) is 0 Å². The third-order valence-electron chi connectivity index (χ3n) is 3.65. The monoisotopic (exact) mass is 208 g/mol. The predicted molar refractivity (Wildman–Crippen MR) is 58.2 cm³/mol. The fraction of sp³-hybridized carbons (Fsp3) is 0.538. The van der Waals surface area contributed by atoms with Crippen LogP contribution in [0, 0.1) is 17.2 Å². The number of aliphatic hydroxyl groups excluding tert-OH is 1. The first-order chi connectivity index (χ1) is 7.04. The van der Waals surface area contributed by atoms with Crippen molar-refractivity contribution in [2.24, 2.45) is 11.3 Å². The van der Waals surface area contributed by atoms with E-state index in [9.17, 15) is 9.50 Å². The standard InChI is InChI=1S/C13H17FO/c1-13(2,8-15)10-6-9-4-3-5-12(14)11(9)7-10/h3-5,10,15H,6-8H2,1-2H3. The fourth-order valence-electron chi connectivity index (χ4n) is 2.29. The maximum atomic E-state index is 13.5. The SMILES string of the molecule is CC(C)(CO)C1Cc2cccc(F)c2C1. The van der Waals surface area contributed by atoms with E-state index in [0.717, 1.165) is 24.0 Å². The van der Waals surface area contributed by atoms with Crippen molar-refractivity contribution in [3.8, 4) is 0 Å². The largest absolute Gasteiger partial charge is 0.396 e. The molecule has 0 saturated heterocycles. The van der Waals surface area contributed by atoms with Crippen LogP contribution in [0.2, 0.25) is 0 Å². The number of aliphatic hydroxyl groups is 1. The van der Waals surface area contributed by atoms with E-state index in [4.69, 9.17) is 0 Å². The van der Waals surface area contributed by atoms with Gasteiger partial charge in [0.15, 0.2) is 0 Å². The van der Waals surface area contributed by atoms with Crippen LogP contribution in [-0.2, 0) is 12.8 Å². The minimum atomic E-state index is -0.120. The van der Waals surface area contributed by atoms with Crippen LogP contribution in [-0.4, -0.2) is 11.7 Å². The highest BCUT2D eigenvalue weighted by Crippen LogP contribution is 2.39. The molecule has 0 amide bonds. The van der Waals surface area contributed by atoms with Gasteiger partial charge in [0.05, 0.1) is 0 Å². The van der Waals surface area contributed by atoms with Crippen LogP contribution in [0.4, 0.5) is 4.39 Å². The number of benzene rings is 1. The molecule has 1 aromatic rings. The summed E-state index contributed by atoms with van der Waals surface area (Å²) in [5, 5.41) is 9.31. The van der Waals surface area contributed by atoms with Crippen molar-refractivity contribution in [2.75, 3.05) is 6.61 Å². The number of hydrogen-bond acceptors (Lipinski definition) is 1. The summed E-state index contributed by atoms with van der Waals surface area (Å²) in [6, 6.07) is 5.28. The molecule has 1 N–H and O–H groups in total. The number of fused-ring (bicyclic) bond motifs is 1. The summed E-state index contributed by atoms with van der Waals surface area (Å²) < 4.78 is 13.5. The fourth-order valence-corrected chi connectivity index (χ4v) is 2.29. The first kappa shape index (κ1) is 10.6. The Bertz CT molecular complexity index is 371. The summed E-state index contributed by atoms with van der Waals surface area (Å²) in [7, 11) is 0. The van der Waals surface area contributed by atoms with E-state index in [0.29, 0.717) is 5.92 Å². The van der Waals surface area contributed by atoms with Crippen molar-refractivity contribution in [3.05, 3.63) is 35.1 Å². The van der Waals surface area contributed by atoms with Gasteiger partial charge in [0.25, 0.3) is 0 Å². The summed E-state index contributed by atoms with van der Waals surface area (Å²) in [5.74, 6) is 0.262. The van der Waals surface area contributed by atoms with Crippen molar-refractivity contribution < 1.29 is 9.50 Å². The molecule has 1 unspecified atom stereocenters. The highest BCUT2D eigenvalue weighted by molar-refractivity contribution is 5.34. The van der Waals surface area contributed by atoms with Crippen molar-refractivity contribution >= 4 is 0 Å². The van der Waals surface area contributed by atoms with E-state index in [1.807, 2.05) is 19.9 Å². The Labute approximate surface area is 89.9 Å². The highest BCUT2D eigenvalue weighted by atomic mass is 19.1. The summed E-state index contributed by atoms with van der Waals surface area (Å²) >= 11 is 0. The molecule has 0 fully saturated rings. The molecule has 2 rings (SSSR count). The predicted octanol–water partition coefficient (Wildman–Crippen LogP) is 2.56. The van der Waals surface area contributed by atoms with E-state index in [2.05, 4.69) is 0 Å². The van der Waals surface area contributed by atoms with Crippen LogP contribution in [0.5, 0.6) is 0 Å². The van der Waals surface area contributed by atoms with Crippen LogP contribution < -0.4 is 0 Å². The van der Waals surface area contributed by atoms with Gasteiger partial charge in [-0.25, -0.2) is 4.39 Å². The molecular weight excluding hydrogens is 191 g/mol. The average Bonchev–Trinajstić information content (AvgIpc) is 2.64. The molecule has 1 aromatic carbocycles. The molecule has 0 radical (unpaired) electrons. The maximum absolute atomic E-state index is 13.5. The average molecular weight is 208 g/mol. The second kappa shape index (κ2) is 3.60. The van der Waals surface area contributed by atoms with Crippen LogP contribution in [0.25, 0.3) is 0 Å². The molecule has 1 nitrogen and oxygen atoms in total. The second-order valence-electron chi connectivity index (χ2n) is 5.13. The van der Waals surface area contributed by atoms with Crippen molar-refractivity contribution in [3.63, 3.8) is 0 Å². The van der Waals surface area contributed by atoms with E-state index in [1.165, 1.54) is 6.07 Å². The Kier molecular flexibility index (Phi) is 2.55. The summed E-state index contributed by atoms with van der Waals surface area (Å²) in [6.45, 7) is 4.25. The quantitative estimate of drug-likeness (QED) is 0.792. The van der Waals surface area contributed by atoms with Gasteiger partial charge in [-0.1, -0.05) is 26.0 Å². The number of halogens is 1. The minimum absolute atomic E-state index is 0.0938. The van der Waals surface area contributed by atoms with Crippen molar-refractivity contribution in [2.45, 2.75) is 26.7 Å². The van der Waals surface area contributed by atoms with Gasteiger partial charge in [0.1, 0.15) is 5.82 Å².